The molecule has 0 amide bonds. The third kappa shape index (κ3) is 4.72. The van der Waals surface area contributed by atoms with E-state index in [1.54, 1.807) is 26.5 Å². The number of benzene rings is 1. The van der Waals surface area contributed by atoms with Crippen molar-refractivity contribution in [3.05, 3.63) is 42.1 Å². The van der Waals surface area contributed by atoms with Gasteiger partial charge in [-0.25, -0.2) is 9.37 Å². The first-order valence-electron chi connectivity index (χ1n) is 9.81. The van der Waals surface area contributed by atoms with Gasteiger partial charge in [0.25, 0.3) is 5.88 Å². The number of aromatic amines is 1. The van der Waals surface area contributed by atoms with Crippen LogP contribution >= 0.6 is 12.4 Å². The quantitative estimate of drug-likeness (QED) is 0.555. The summed E-state index contributed by atoms with van der Waals surface area (Å²) < 4.78 is 24.2. The first-order valence-corrected chi connectivity index (χ1v) is 9.81. The maximum absolute atomic E-state index is 13.5. The highest BCUT2D eigenvalue weighted by Crippen LogP contribution is 2.33. The van der Waals surface area contributed by atoms with Crippen LogP contribution in [0.3, 0.4) is 0 Å². The Labute approximate surface area is 185 Å². The number of hydrogen-bond donors (Lipinski definition) is 1. The minimum Gasteiger partial charge on any atom is -0.489 e. The third-order valence-electron chi connectivity index (χ3n) is 5.42. The Morgan fingerprint density at radius 3 is 2.65 bits per heavy atom. The molecule has 0 atom stereocenters. The highest BCUT2D eigenvalue weighted by molar-refractivity contribution is 6.07. The second-order valence-electron chi connectivity index (χ2n) is 7.13. The normalized spacial score (nSPS) is 14.4. The number of aromatic nitrogens is 3. The molecule has 0 spiro atoms. The monoisotopic (exact) mass is 449 g/mol. The fraction of sp³-hybridized carbons (Fsp3) is 0.381. The van der Waals surface area contributed by atoms with Crippen molar-refractivity contribution >= 4 is 34.9 Å². The van der Waals surface area contributed by atoms with Crippen molar-refractivity contribution in [2.75, 3.05) is 51.8 Å². The number of carbonyl (C=O) groups is 1. The van der Waals surface area contributed by atoms with Crippen molar-refractivity contribution in [3.8, 4) is 11.6 Å². The van der Waals surface area contributed by atoms with Crippen molar-refractivity contribution in [3.63, 3.8) is 0 Å². The predicted molar refractivity (Wildman–Crippen MR) is 118 cm³/mol. The Bertz CT molecular complexity index is 1050. The molecular formula is C21H25ClFN5O3. The fourth-order valence-corrected chi connectivity index (χ4v) is 3.80. The average Bonchev–Trinajstić information content (AvgIpc) is 3.20. The Kier molecular flexibility index (Phi) is 7.29. The maximum Gasteiger partial charge on any atom is 0.262 e. The van der Waals surface area contributed by atoms with Gasteiger partial charge in [-0.3, -0.25) is 9.69 Å². The van der Waals surface area contributed by atoms with Gasteiger partial charge in [-0.2, -0.15) is 4.98 Å². The van der Waals surface area contributed by atoms with Crippen LogP contribution in [-0.2, 0) is 0 Å². The lowest BCUT2D eigenvalue weighted by atomic mass is 10.1. The molecule has 1 aliphatic heterocycles. The second kappa shape index (κ2) is 9.93. The van der Waals surface area contributed by atoms with Crippen molar-refractivity contribution < 1.29 is 18.7 Å². The SMILES string of the molecule is COc1ncnc(N2CCN(CCC(=O)c3c[nH]c4ccc(F)cc34)CC2)c1OC.Cl. The van der Waals surface area contributed by atoms with Gasteiger partial charge in [0.2, 0.25) is 5.75 Å². The van der Waals surface area contributed by atoms with Gasteiger partial charge in [0, 0.05) is 61.8 Å². The summed E-state index contributed by atoms with van der Waals surface area (Å²) >= 11 is 0. The zero-order chi connectivity index (χ0) is 21.1. The molecule has 1 N–H and O–H groups in total. The molecule has 1 saturated heterocycles. The number of rotatable bonds is 7. The minimum absolute atomic E-state index is 0. The Morgan fingerprint density at radius 1 is 1.16 bits per heavy atom. The molecule has 166 valence electrons. The lowest BCUT2D eigenvalue weighted by Crippen LogP contribution is -2.47. The van der Waals surface area contributed by atoms with Gasteiger partial charge in [0.05, 0.1) is 14.2 Å². The van der Waals surface area contributed by atoms with E-state index >= 15 is 0 Å². The number of carbonyl (C=O) groups excluding carboxylic acids is 1. The second-order valence-corrected chi connectivity index (χ2v) is 7.13. The molecule has 3 heterocycles. The summed E-state index contributed by atoms with van der Waals surface area (Å²) in [6.45, 7) is 3.75. The molecule has 0 unspecified atom stereocenters. The fourth-order valence-electron chi connectivity index (χ4n) is 3.80. The van der Waals surface area contributed by atoms with E-state index in [4.69, 9.17) is 9.47 Å². The van der Waals surface area contributed by atoms with Gasteiger partial charge >= 0.3 is 0 Å². The molecule has 1 aromatic carbocycles. The van der Waals surface area contributed by atoms with E-state index in [0.29, 0.717) is 41.4 Å². The number of ether oxygens (including phenoxy) is 2. The Balaban J connectivity index is 0.00000272. The molecule has 8 nitrogen and oxygen atoms in total. The number of hydrogen-bond acceptors (Lipinski definition) is 7. The van der Waals surface area contributed by atoms with Crippen LogP contribution in [0.15, 0.2) is 30.7 Å². The summed E-state index contributed by atoms with van der Waals surface area (Å²) in [5.41, 5.74) is 1.31. The summed E-state index contributed by atoms with van der Waals surface area (Å²) in [5, 5.41) is 0.634. The first kappa shape index (κ1) is 22.8. The van der Waals surface area contributed by atoms with Gasteiger partial charge in [-0.15, -0.1) is 12.4 Å². The summed E-state index contributed by atoms with van der Waals surface area (Å²) in [6.07, 6.45) is 3.51. The topological polar surface area (TPSA) is 83.6 Å². The van der Waals surface area contributed by atoms with Gasteiger partial charge in [0.1, 0.15) is 12.1 Å². The minimum atomic E-state index is -0.343. The summed E-state index contributed by atoms with van der Waals surface area (Å²) in [5.74, 6) is 1.31. The van der Waals surface area contributed by atoms with Crippen LogP contribution in [0.25, 0.3) is 10.9 Å². The highest BCUT2D eigenvalue weighted by atomic mass is 35.5. The number of ketones is 1. The molecule has 4 rings (SSSR count). The van der Waals surface area contributed by atoms with Crippen molar-refractivity contribution in [2.24, 2.45) is 0 Å². The first-order chi connectivity index (χ1) is 14.6. The smallest absolute Gasteiger partial charge is 0.262 e. The van der Waals surface area contributed by atoms with Gasteiger partial charge in [-0.1, -0.05) is 0 Å². The number of Topliss-reactive ketones (excluding diaryl/α,β-unsaturated/α-hetero) is 1. The molecule has 31 heavy (non-hydrogen) atoms. The zero-order valence-corrected chi connectivity index (χ0v) is 18.2. The molecule has 0 bridgehead atoms. The molecule has 0 saturated carbocycles. The van der Waals surface area contributed by atoms with Crippen LogP contribution in [0.5, 0.6) is 11.6 Å². The molecule has 1 fully saturated rings. The van der Waals surface area contributed by atoms with E-state index in [1.807, 2.05) is 0 Å². The number of methoxy groups -OCH3 is 2. The van der Waals surface area contributed by atoms with Crippen molar-refractivity contribution in [1.29, 1.82) is 0 Å². The van der Waals surface area contributed by atoms with Gasteiger partial charge in [0.15, 0.2) is 11.6 Å². The molecule has 0 aliphatic carbocycles. The molecule has 3 aromatic rings. The summed E-state index contributed by atoms with van der Waals surface area (Å²) in [7, 11) is 3.12. The molecule has 10 heteroatoms. The molecule has 0 radical (unpaired) electrons. The Hall–Kier alpha value is -2.91. The van der Waals surface area contributed by atoms with Crippen LogP contribution in [0.4, 0.5) is 10.2 Å². The van der Waals surface area contributed by atoms with Crippen LogP contribution in [0.2, 0.25) is 0 Å². The zero-order valence-electron chi connectivity index (χ0n) is 17.4. The van der Waals surface area contributed by atoms with Gasteiger partial charge < -0.3 is 19.4 Å². The van der Waals surface area contributed by atoms with E-state index in [1.165, 1.54) is 18.5 Å². The van der Waals surface area contributed by atoms with E-state index < -0.39 is 0 Å². The molecular weight excluding hydrogens is 425 g/mol. The number of piperazine rings is 1. The van der Waals surface area contributed by atoms with Gasteiger partial charge in [-0.05, 0) is 18.2 Å². The molecule has 1 aliphatic rings. The van der Waals surface area contributed by atoms with Crippen LogP contribution in [0.1, 0.15) is 16.8 Å². The number of anilines is 1. The summed E-state index contributed by atoms with van der Waals surface area (Å²) in [6, 6.07) is 4.44. The summed E-state index contributed by atoms with van der Waals surface area (Å²) in [4.78, 5) is 28.5. The standard InChI is InChI=1S/C21H24FN5O3.ClH/c1-29-19-20(24-13-25-21(19)30-2)27-9-7-26(8-10-27)6-5-18(28)16-12-23-17-4-3-14(22)11-15(16)17;/h3-4,11-13,23H,5-10H2,1-2H3;1H. The largest absolute Gasteiger partial charge is 0.489 e. The molecule has 2 aromatic heterocycles. The highest BCUT2D eigenvalue weighted by Gasteiger charge is 2.24. The average molecular weight is 450 g/mol. The maximum atomic E-state index is 13.5. The predicted octanol–water partition coefficient (Wildman–Crippen LogP) is 2.93. The van der Waals surface area contributed by atoms with Crippen molar-refractivity contribution in [2.45, 2.75) is 6.42 Å². The lowest BCUT2D eigenvalue weighted by Gasteiger charge is -2.35. The van der Waals surface area contributed by atoms with Crippen molar-refractivity contribution in [1.82, 2.24) is 19.9 Å². The number of nitrogens with one attached hydrogen (secondary N) is 1. The number of nitrogens with zero attached hydrogens (tertiary/aromatic N) is 4. The van der Waals surface area contributed by atoms with Crippen LogP contribution in [-0.4, -0.2) is 72.6 Å². The van der Waals surface area contributed by atoms with E-state index in [0.717, 1.165) is 31.7 Å². The number of fused-ring (bicyclic) bond motifs is 1. The lowest BCUT2D eigenvalue weighted by molar-refractivity contribution is 0.0964. The number of H-pyrrole nitrogens is 1. The van der Waals surface area contributed by atoms with E-state index in [2.05, 4.69) is 24.8 Å². The van der Waals surface area contributed by atoms with E-state index in [-0.39, 0.29) is 24.0 Å². The van der Waals surface area contributed by atoms with Crippen LogP contribution < -0.4 is 14.4 Å². The third-order valence-corrected chi connectivity index (χ3v) is 5.42. The number of halogens is 2. The van der Waals surface area contributed by atoms with Crippen LogP contribution in [0, 0.1) is 5.82 Å². The Morgan fingerprint density at radius 2 is 1.94 bits per heavy atom. The van der Waals surface area contributed by atoms with E-state index in [9.17, 15) is 9.18 Å².